The number of nitrogens with zero attached hydrogens (tertiary/aromatic N) is 1. The summed E-state index contributed by atoms with van der Waals surface area (Å²) in [4.78, 5) is 0. The average Bonchev–Trinajstić information content (AvgIpc) is 1.72. The van der Waals surface area contributed by atoms with Crippen LogP contribution < -0.4 is 0 Å². The van der Waals surface area contributed by atoms with Gasteiger partial charge in [-0.2, -0.15) is 5.26 Å². The summed E-state index contributed by atoms with van der Waals surface area (Å²) in [6.07, 6.45) is 2.69. The first-order valence-electron chi connectivity index (χ1n) is 2.40. The molecule has 0 heterocycles. The van der Waals surface area contributed by atoms with E-state index in [4.69, 9.17) is 5.26 Å². The topological polar surface area (TPSA) is 23.8 Å². The van der Waals surface area contributed by atoms with Crippen molar-refractivity contribution in [3.05, 3.63) is 11.6 Å². The molecule has 0 spiro atoms. The molecule has 0 aliphatic heterocycles. The van der Waals surface area contributed by atoms with Crippen molar-refractivity contribution in [3.8, 4) is 6.07 Å². The van der Waals surface area contributed by atoms with Crippen molar-refractivity contribution in [1.29, 1.82) is 5.26 Å². The van der Waals surface area contributed by atoms with Crippen molar-refractivity contribution in [3.63, 3.8) is 0 Å². The molecule has 0 saturated heterocycles. The number of allylic oxidation sites excluding steroid dienone is 2. The quantitative estimate of drug-likeness (QED) is 0.456. The molecule has 0 bridgehead atoms. The fourth-order valence-electron chi connectivity index (χ4n) is 0.348. The van der Waals surface area contributed by atoms with Gasteiger partial charge in [-0.1, -0.05) is 13.0 Å². The molecule has 0 aliphatic rings. The van der Waals surface area contributed by atoms with E-state index in [-0.39, 0.29) is 0 Å². The van der Waals surface area contributed by atoms with Crippen LogP contribution in [0.25, 0.3) is 0 Å². The van der Waals surface area contributed by atoms with Crippen LogP contribution in [0.1, 0.15) is 20.3 Å². The van der Waals surface area contributed by atoms with E-state index in [9.17, 15) is 0 Å². The Morgan fingerprint density at radius 3 is 2.43 bits per heavy atom. The maximum atomic E-state index is 8.21. The van der Waals surface area contributed by atoms with Gasteiger partial charge in [0.1, 0.15) is 0 Å². The van der Waals surface area contributed by atoms with Crippen molar-refractivity contribution in [1.82, 2.24) is 0 Å². The second-order valence-electron chi connectivity index (χ2n) is 1.28. The molecular formula is C6H9N. The van der Waals surface area contributed by atoms with E-state index in [0.29, 0.717) is 0 Å². The van der Waals surface area contributed by atoms with E-state index in [0.717, 1.165) is 12.0 Å². The predicted octanol–water partition coefficient (Wildman–Crippen LogP) is 1.87. The van der Waals surface area contributed by atoms with Crippen molar-refractivity contribution in [2.24, 2.45) is 0 Å². The zero-order chi connectivity index (χ0) is 5.70. The van der Waals surface area contributed by atoms with Gasteiger partial charge in [0.25, 0.3) is 0 Å². The highest BCUT2D eigenvalue weighted by atomic mass is 14.2. The molecule has 0 fully saturated rings. The van der Waals surface area contributed by atoms with E-state index >= 15 is 0 Å². The molecule has 0 atom stereocenters. The predicted molar refractivity (Wildman–Crippen MR) is 29.7 cm³/mol. The fourth-order valence-corrected chi connectivity index (χ4v) is 0.348. The van der Waals surface area contributed by atoms with Crippen molar-refractivity contribution < 1.29 is 0 Å². The lowest BCUT2D eigenvalue weighted by Crippen LogP contribution is -1.68. The lowest BCUT2D eigenvalue weighted by atomic mass is 10.2. The van der Waals surface area contributed by atoms with Gasteiger partial charge in [0.2, 0.25) is 0 Å². The van der Waals surface area contributed by atoms with Gasteiger partial charge in [0.15, 0.2) is 0 Å². The second kappa shape index (κ2) is 3.42. The standard InChI is InChI=1S/C6H9N/c1-3-6(4-2)5-7/h3H,4H2,1-2H3. The summed E-state index contributed by atoms with van der Waals surface area (Å²) < 4.78 is 0. The summed E-state index contributed by atoms with van der Waals surface area (Å²) in [6.45, 7) is 3.85. The van der Waals surface area contributed by atoms with Gasteiger partial charge in [0.05, 0.1) is 6.07 Å². The van der Waals surface area contributed by atoms with Crippen molar-refractivity contribution >= 4 is 0 Å². The fraction of sp³-hybridized carbons (Fsp3) is 0.500. The normalized spacial score (nSPS) is 10.7. The molecular weight excluding hydrogens is 86.1 g/mol. The number of hydrogen-bond acceptors (Lipinski definition) is 1. The van der Waals surface area contributed by atoms with Crippen LogP contribution in [0.4, 0.5) is 0 Å². The Bertz CT molecular complexity index is 106. The monoisotopic (exact) mass is 95.1 g/mol. The van der Waals surface area contributed by atoms with Gasteiger partial charge < -0.3 is 0 Å². The highest BCUT2D eigenvalue weighted by Crippen LogP contribution is 1.94. The molecule has 0 unspecified atom stereocenters. The summed E-state index contributed by atoms with van der Waals surface area (Å²) in [5.41, 5.74) is 0.861. The molecule has 0 aromatic heterocycles. The highest BCUT2D eigenvalue weighted by molar-refractivity contribution is 5.18. The van der Waals surface area contributed by atoms with Crippen LogP contribution in [-0.4, -0.2) is 0 Å². The van der Waals surface area contributed by atoms with Gasteiger partial charge in [-0.25, -0.2) is 0 Å². The second-order valence-corrected chi connectivity index (χ2v) is 1.28. The first kappa shape index (κ1) is 6.23. The van der Waals surface area contributed by atoms with E-state index in [1.165, 1.54) is 0 Å². The Kier molecular flexibility index (Phi) is 3.04. The molecule has 0 aromatic rings. The number of nitriles is 1. The molecule has 1 heteroatoms. The Labute approximate surface area is 44.3 Å². The summed E-state index contributed by atoms with van der Waals surface area (Å²) in [5, 5.41) is 8.21. The Hall–Kier alpha value is -0.770. The molecule has 0 amide bonds. The van der Waals surface area contributed by atoms with E-state index in [1.54, 1.807) is 0 Å². The Balaban J connectivity index is 3.68. The summed E-state index contributed by atoms with van der Waals surface area (Å²) >= 11 is 0. The molecule has 0 radical (unpaired) electrons. The highest BCUT2D eigenvalue weighted by Gasteiger charge is 1.81. The van der Waals surface area contributed by atoms with Gasteiger partial charge in [-0.3, -0.25) is 0 Å². The van der Waals surface area contributed by atoms with E-state index in [1.807, 2.05) is 19.9 Å². The molecule has 1 nitrogen and oxygen atoms in total. The molecule has 0 rings (SSSR count). The van der Waals surface area contributed by atoms with E-state index < -0.39 is 0 Å². The average molecular weight is 95.1 g/mol. The zero-order valence-electron chi connectivity index (χ0n) is 4.73. The van der Waals surface area contributed by atoms with Crippen molar-refractivity contribution in [2.75, 3.05) is 0 Å². The van der Waals surface area contributed by atoms with Crippen LogP contribution in [0.15, 0.2) is 11.6 Å². The molecule has 38 valence electrons. The third-order valence-electron chi connectivity index (χ3n) is 0.873. The molecule has 0 saturated carbocycles. The molecule has 7 heavy (non-hydrogen) atoms. The summed E-state index contributed by atoms with van der Waals surface area (Å²) in [7, 11) is 0. The zero-order valence-corrected chi connectivity index (χ0v) is 4.73. The van der Waals surface area contributed by atoms with E-state index in [2.05, 4.69) is 6.07 Å². The smallest absolute Gasteiger partial charge is 0.0943 e. The van der Waals surface area contributed by atoms with Gasteiger partial charge >= 0.3 is 0 Å². The third-order valence-corrected chi connectivity index (χ3v) is 0.873. The number of rotatable bonds is 1. The lowest BCUT2D eigenvalue weighted by molar-refractivity contribution is 1.14. The van der Waals surface area contributed by atoms with Crippen molar-refractivity contribution in [2.45, 2.75) is 20.3 Å². The van der Waals surface area contributed by atoms with Crippen LogP contribution in [0, 0.1) is 11.3 Å². The van der Waals surface area contributed by atoms with Crippen LogP contribution >= 0.6 is 0 Å². The SMILES string of the molecule is CC=C(C#N)CC. The summed E-state index contributed by atoms with van der Waals surface area (Å²) in [5.74, 6) is 0. The molecule has 0 aromatic carbocycles. The Morgan fingerprint density at radius 2 is 2.43 bits per heavy atom. The first-order chi connectivity index (χ1) is 3.35. The van der Waals surface area contributed by atoms with Gasteiger partial charge in [-0.05, 0) is 13.3 Å². The maximum Gasteiger partial charge on any atom is 0.0943 e. The minimum absolute atomic E-state index is 0.854. The van der Waals surface area contributed by atoms with Crippen LogP contribution in [0.5, 0.6) is 0 Å². The minimum atomic E-state index is 0.854. The molecule has 0 N–H and O–H groups in total. The van der Waals surface area contributed by atoms with Crippen LogP contribution in [0.2, 0.25) is 0 Å². The van der Waals surface area contributed by atoms with Gasteiger partial charge in [-0.15, -0.1) is 0 Å². The molecule has 0 aliphatic carbocycles. The largest absolute Gasteiger partial charge is 0.193 e. The van der Waals surface area contributed by atoms with Crippen LogP contribution in [-0.2, 0) is 0 Å². The van der Waals surface area contributed by atoms with Crippen LogP contribution in [0.3, 0.4) is 0 Å². The first-order valence-corrected chi connectivity index (χ1v) is 2.40. The minimum Gasteiger partial charge on any atom is -0.193 e. The maximum absolute atomic E-state index is 8.21. The van der Waals surface area contributed by atoms with Gasteiger partial charge in [0, 0.05) is 5.57 Å². The Morgan fingerprint density at radius 1 is 1.86 bits per heavy atom. The number of hydrogen-bond donors (Lipinski definition) is 0. The lowest BCUT2D eigenvalue weighted by Gasteiger charge is -1.81. The third kappa shape index (κ3) is 1.99. The summed E-state index contributed by atoms with van der Waals surface area (Å²) in [6, 6.07) is 2.06.